The van der Waals surface area contributed by atoms with Crippen molar-refractivity contribution in [2.24, 2.45) is 0 Å². The van der Waals surface area contributed by atoms with Crippen LogP contribution in [0.2, 0.25) is 0 Å². The topological polar surface area (TPSA) is 23.8 Å². The molecule has 0 spiro atoms. The molecule has 0 aromatic carbocycles. The first-order valence-corrected chi connectivity index (χ1v) is 8.11. The van der Waals surface area contributed by atoms with Gasteiger partial charge in [0.15, 0.2) is 0 Å². The van der Waals surface area contributed by atoms with E-state index in [4.69, 9.17) is 5.73 Å². The summed E-state index contributed by atoms with van der Waals surface area (Å²) in [5.74, 6) is 0. The van der Waals surface area contributed by atoms with Gasteiger partial charge in [-0.2, -0.15) is 0 Å². The third-order valence-corrected chi connectivity index (χ3v) is 4.11. The number of rotatable bonds is 0. The van der Waals surface area contributed by atoms with Gasteiger partial charge in [0.25, 0.3) is 0 Å². The Kier molecular flexibility index (Phi) is 9.78. The van der Waals surface area contributed by atoms with Crippen LogP contribution in [0.1, 0.15) is 96.3 Å². The van der Waals surface area contributed by atoms with Gasteiger partial charge in [0.05, 0.1) is 0 Å². The molecule has 0 aliphatic heterocycles. The number of nitrogens with one attached hydrogen (secondary N) is 1. The van der Waals surface area contributed by atoms with Crippen LogP contribution in [0.3, 0.4) is 0 Å². The lowest BCUT2D eigenvalue weighted by molar-refractivity contribution is 0.464. The zero-order valence-electron chi connectivity index (χ0n) is 11.7. The molecule has 1 saturated carbocycles. The second-order valence-electron chi connectivity index (χ2n) is 5.87. The predicted molar refractivity (Wildman–Crippen MR) is 76.1 cm³/mol. The van der Waals surface area contributed by atoms with E-state index in [-0.39, 0.29) is 6.04 Å². The van der Waals surface area contributed by atoms with E-state index in [2.05, 4.69) is 0 Å². The minimum absolute atomic E-state index is 0.239. The molecular formula is C16H32N. The van der Waals surface area contributed by atoms with E-state index in [1.165, 1.54) is 83.5 Å². The van der Waals surface area contributed by atoms with Crippen molar-refractivity contribution in [3.05, 3.63) is 0 Å². The summed E-state index contributed by atoms with van der Waals surface area (Å²) in [6, 6.07) is 0.239. The van der Waals surface area contributed by atoms with Gasteiger partial charge in [-0.3, -0.25) is 5.73 Å². The van der Waals surface area contributed by atoms with Crippen molar-refractivity contribution in [1.82, 2.24) is 5.73 Å². The van der Waals surface area contributed by atoms with E-state index in [0.29, 0.717) is 0 Å². The SMILES string of the molecule is [NH]C1CCCCCCCCCCCCCCC1. The Morgan fingerprint density at radius 1 is 0.412 bits per heavy atom. The quantitative estimate of drug-likeness (QED) is 0.532. The molecule has 0 aromatic heterocycles. The van der Waals surface area contributed by atoms with Crippen molar-refractivity contribution in [2.45, 2.75) is 102 Å². The Morgan fingerprint density at radius 3 is 0.941 bits per heavy atom. The van der Waals surface area contributed by atoms with Gasteiger partial charge in [-0.25, -0.2) is 0 Å². The van der Waals surface area contributed by atoms with Gasteiger partial charge in [0, 0.05) is 6.04 Å². The molecule has 1 aliphatic carbocycles. The Hall–Kier alpha value is -0.0400. The number of hydrogen-bond acceptors (Lipinski definition) is 0. The maximum atomic E-state index is 7.98. The molecule has 0 atom stereocenters. The highest BCUT2D eigenvalue weighted by atomic mass is 14.6. The second-order valence-corrected chi connectivity index (χ2v) is 5.87. The minimum Gasteiger partial charge on any atom is -0.255 e. The maximum absolute atomic E-state index is 7.98. The summed E-state index contributed by atoms with van der Waals surface area (Å²) in [4.78, 5) is 0. The average Bonchev–Trinajstić information content (AvgIpc) is 2.32. The average molecular weight is 238 g/mol. The Labute approximate surface area is 109 Å². The van der Waals surface area contributed by atoms with Crippen LogP contribution < -0.4 is 5.73 Å². The van der Waals surface area contributed by atoms with Crippen LogP contribution in [0.4, 0.5) is 0 Å². The lowest BCUT2D eigenvalue weighted by Crippen LogP contribution is -2.08. The van der Waals surface area contributed by atoms with Crippen molar-refractivity contribution in [3.63, 3.8) is 0 Å². The zero-order valence-corrected chi connectivity index (χ0v) is 11.7. The molecule has 0 unspecified atom stereocenters. The highest BCUT2D eigenvalue weighted by Crippen LogP contribution is 2.16. The van der Waals surface area contributed by atoms with Crippen molar-refractivity contribution in [1.29, 1.82) is 0 Å². The van der Waals surface area contributed by atoms with E-state index >= 15 is 0 Å². The van der Waals surface area contributed by atoms with E-state index in [1.54, 1.807) is 0 Å². The van der Waals surface area contributed by atoms with Crippen molar-refractivity contribution < 1.29 is 0 Å². The van der Waals surface area contributed by atoms with Gasteiger partial charge >= 0.3 is 0 Å². The zero-order chi connectivity index (χ0) is 12.2. The van der Waals surface area contributed by atoms with E-state index in [1.807, 2.05) is 0 Å². The molecule has 1 fully saturated rings. The molecular weight excluding hydrogens is 206 g/mol. The minimum atomic E-state index is 0.239. The van der Waals surface area contributed by atoms with Crippen LogP contribution in [-0.2, 0) is 0 Å². The number of hydrogen-bond donors (Lipinski definition) is 0. The van der Waals surface area contributed by atoms with Gasteiger partial charge < -0.3 is 0 Å². The van der Waals surface area contributed by atoms with Gasteiger partial charge in [-0.1, -0.05) is 83.5 Å². The summed E-state index contributed by atoms with van der Waals surface area (Å²) < 4.78 is 0. The first kappa shape index (κ1) is 15.0. The Morgan fingerprint density at radius 2 is 0.647 bits per heavy atom. The third kappa shape index (κ3) is 9.64. The molecule has 1 radical (unpaired) electrons. The van der Waals surface area contributed by atoms with Crippen LogP contribution in [0.25, 0.3) is 0 Å². The molecule has 101 valence electrons. The first-order chi connectivity index (χ1) is 8.39. The van der Waals surface area contributed by atoms with Gasteiger partial charge in [-0.05, 0) is 12.8 Å². The molecule has 17 heavy (non-hydrogen) atoms. The lowest BCUT2D eigenvalue weighted by atomic mass is 9.99. The van der Waals surface area contributed by atoms with Crippen LogP contribution >= 0.6 is 0 Å². The fourth-order valence-corrected chi connectivity index (χ4v) is 2.87. The van der Waals surface area contributed by atoms with Crippen molar-refractivity contribution in [2.75, 3.05) is 0 Å². The standard InChI is InChI=1S/C16H32N/c17-16-14-12-10-8-6-4-2-1-3-5-7-9-11-13-15-16/h16-17H,1-15H2. The summed E-state index contributed by atoms with van der Waals surface area (Å²) in [6.45, 7) is 0. The summed E-state index contributed by atoms with van der Waals surface area (Å²) in [7, 11) is 0. The Bertz CT molecular complexity index is 140. The van der Waals surface area contributed by atoms with Crippen LogP contribution in [0, 0.1) is 0 Å². The summed E-state index contributed by atoms with van der Waals surface area (Å²) in [5.41, 5.74) is 7.98. The van der Waals surface area contributed by atoms with Gasteiger partial charge in [-0.15, -0.1) is 0 Å². The van der Waals surface area contributed by atoms with E-state index in [9.17, 15) is 0 Å². The fraction of sp³-hybridized carbons (Fsp3) is 1.00. The molecule has 0 heterocycles. The first-order valence-electron chi connectivity index (χ1n) is 8.11. The molecule has 1 N–H and O–H groups in total. The monoisotopic (exact) mass is 238 g/mol. The van der Waals surface area contributed by atoms with Crippen molar-refractivity contribution in [3.8, 4) is 0 Å². The summed E-state index contributed by atoms with van der Waals surface area (Å²) in [5, 5.41) is 0. The van der Waals surface area contributed by atoms with Crippen molar-refractivity contribution >= 4 is 0 Å². The molecule has 1 rings (SSSR count). The normalized spacial score (nSPS) is 24.5. The molecule has 0 bridgehead atoms. The van der Waals surface area contributed by atoms with Gasteiger partial charge in [0.2, 0.25) is 0 Å². The molecule has 1 heteroatoms. The largest absolute Gasteiger partial charge is 0.255 e. The Balaban J connectivity index is 2.09. The molecule has 0 saturated heterocycles. The highest BCUT2D eigenvalue weighted by Gasteiger charge is 2.03. The van der Waals surface area contributed by atoms with Gasteiger partial charge in [0.1, 0.15) is 0 Å². The van der Waals surface area contributed by atoms with E-state index in [0.717, 1.165) is 12.8 Å². The van der Waals surface area contributed by atoms with Crippen LogP contribution in [-0.4, -0.2) is 6.04 Å². The van der Waals surface area contributed by atoms with E-state index < -0.39 is 0 Å². The molecule has 1 nitrogen and oxygen atoms in total. The molecule has 0 aromatic rings. The highest BCUT2D eigenvalue weighted by molar-refractivity contribution is 4.61. The molecule has 1 aliphatic rings. The summed E-state index contributed by atoms with van der Waals surface area (Å²) >= 11 is 0. The van der Waals surface area contributed by atoms with Crippen LogP contribution in [0.5, 0.6) is 0 Å². The molecule has 0 amide bonds. The third-order valence-electron chi connectivity index (χ3n) is 4.11. The second kappa shape index (κ2) is 11.1. The van der Waals surface area contributed by atoms with Crippen LogP contribution in [0.15, 0.2) is 0 Å². The maximum Gasteiger partial charge on any atom is 0.0213 e. The predicted octanol–water partition coefficient (Wildman–Crippen LogP) is 5.50. The smallest absolute Gasteiger partial charge is 0.0213 e. The summed E-state index contributed by atoms with van der Waals surface area (Å²) in [6.07, 6.45) is 20.6. The lowest BCUT2D eigenvalue weighted by Gasteiger charge is -2.11. The fourth-order valence-electron chi connectivity index (χ4n) is 2.87.